The van der Waals surface area contributed by atoms with E-state index in [1.54, 1.807) is 0 Å². The van der Waals surface area contributed by atoms with Crippen LogP contribution in [-0.4, -0.2) is 23.8 Å². The van der Waals surface area contributed by atoms with Crippen LogP contribution >= 0.6 is 0 Å². The van der Waals surface area contributed by atoms with Crippen LogP contribution in [0.25, 0.3) is 0 Å². The standard InChI is InChI=1S/C12H22N2/c1-10-5-2-3-6-11(10)9-14-8-4-7-12(14)13/h10-11,13H,2-9H2,1H3. The highest BCUT2D eigenvalue weighted by atomic mass is 15.2. The summed E-state index contributed by atoms with van der Waals surface area (Å²) in [6, 6.07) is 0. The molecule has 0 spiro atoms. The first-order valence-corrected chi connectivity index (χ1v) is 6.10. The first kappa shape index (κ1) is 10.0. The molecular weight excluding hydrogens is 172 g/mol. The van der Waals surface area contributed by atoms with E-state index in [1.165, 1.54) is 38.6 Å². The maximum absolute atomic E-state index is 7.82. The van der Waals surface area contributed by atoms with Gasteiger partial charge in [0.2, 0.25) is 0 Å². The fraction of sp³-hybridized carbons (Fsp3) is 0.917. The minimum absolute atomic E-state index is 0.863. The number of likely N-dealkylation sites (tertiary alicyclic amines) is 1. The molecule has 1 saturated heterocycles. The Morgan fingerprint density at radius 1 is 1.29 bits per heavy atom. The lowest BCUT2D eigenvalue weighted by molar-refractivity contribution is 0.211. The van der Waals surface area contributed by atoms with Crippen LogP contribution in [0, 0.1) is 17.2 Å². The highest BCUT2D eigenvalue weighted by Crippen LogP contribution is 2.31. The Morgan fingerprint density at radius 2 is 2.07 bits per heavy atom. The molecule has 2 rings (SSSR count). The topological polar surface area (TPSA) is 27.1 Å². The van der Waals surface area contributed by atoms with Crippen LogP contribution < -0.4 is 0 Å². The number of hydrogen-bond donors (Lipinski definition) is 1. The minimum Gasteiger partial charge on any atom is -0.360 e. The van der Waals surface area contributed by atoms with Gasteiger partial charge in [-0.3, -0.25) is 5.41 Å². The van der Waals surface area contributed by atoms with E-state index in [2.05, 4.69) is 11.8 Å². The molecule has 80 valence electrons. The van der Waals surface area contributed by atoms with Gasteiger partial charge in [-0.15, -0.1) is 0 Å². The van der Waals surface area contributed by atoms with E-state index in [-0.39, 0.29) is 0 Å². The molecule has 1 aliphatic carbocycles. The van der Waals surface area contributed by atoms with Gasteiger partial charge in [0.15, 0.2) is 0 Å². The second-order valence-electron chi connectivity index (χ2n) is 5.02. The van der Waals surface area contributed by atoms with Gasteiger partial charge >= 0.3 is 0 Å². The molecule has 1 N–H and O–H groups in total. The molecule has 0 radical (unpaired) electrons. The van der Waals surface area contributed by atoms with E-state index >= 15 is 0 Å². The zero-order valence-electron chi connectivity index (χ0n) is 9.26. The maximum Gasteiger partial charge on any atom is 0.0958 e. The van der Waals surface area contributed by atoms with Gasteiger partial charge in [-0.25, -0.2) is 0 Å². The largest absolute Gasteiger partial charge is 0.360 e. The predicted molar refractivity (Wildman–Crippen MR) is 59.7 cm³/mol. The molecule has 2 heteroatoms. The lowest BCUT2D eigenvalue weighted by Gasteiger charge is -2.32. The summed E-state index contributed by atoms with van der Waals surface area (Å²) in [7, 11) is 0. The lowest BCUT2D eigenvalue weighted by atomic mass is 9.80. The molecule has 1 saturated carbocycles. The summed E-state index contributed by atoms with van der Waals surface area (Å²) in [6.07, 6.45) is 7.86. The Bertz CT molecular complexity index is 212. The van der Waals surface area contributed by atoms with Crippen molar-refractivity contribution in [2.75, 3.05) is 13.1 Å². The third-order valence-corrected chi connectivity index (χ3v) is 3.97. The van der Waals surface area contributed by atoms with Crippen LogP contribution in [0.5, 0.6) is 0 Å². The summed E-state index contributed by atoms with van der Waals surface area (Å²) in [5, 5.41) is 7.82. The Hall–Kier alpha value is -0.530. The van der Waals surface area contributed by atoms with Crippen molar-refractivity contribution < 1.29 is 0 Å². The molecule has 0 aromatic rings. The maximum atomic E-state index is 7.82. The first-order valence-electron chi connectivity index (χ1n) is 6.10. The molecule has 2 fully saturated rings. The van der Waals surface area contributed by atoms with Crippen molar-refractivity contribution in [3.63, 3.8) is 0 Å². The molecule has 0 bridgehead atoms. The van der Waals surface area contributed by atoms with Gasteiger partial charge in [0.25, 0.3) is 0 Å². The molecular formula is C12H22N2. The highest BCUT2D eigenvalue weighted by Gasteiger charge is 2.26. The molecule has 1 heterocycles. The summed E-state index contributed by atoms with van der Waals surface area (Å²) >= 11 is 0. The number of amidine groups is 1. The smallest absolute Gasteiger partial charge is 0.0958 e. The quantitative estimate of drug-likeness (QED) is 0.719. The van der Waals surface area contributed by atoms with Gasteiger partial charge in [-0.05, 0) is 24.7 Å². The SMILES string of the molecule is CC1CCCCC1CN1CCCC1=N. The summed E-state index contributed by atoms with van der Waals surface area (Å²) < 4.78 is 0. The van der Waals surface area contributed by atoms with Crippen molar-refractivity contribution in [1.29, 1.82) is 5.41 Å². The van der Waals surface area contributed by atoms with Crippen LogP contribution in [0.2, 0.25) is 0 Å². The third-order valence-electron chi connectivity index (χ3n) is 3.97. The van der Waals surface area contributed by atoms with E-state index in [1.807, 2.05) is 0 Å². The Morgan fingerprint density at radius 3 is 2.71 bits per heavy atom. The van der Waals surface area contributed by atoms with E-state index in [9.17, 15) is 0 Å². The molecule has 2 atom stereocenters. The van der Waals surface area contributed by atoms with Gasteiger partial charge in [0, 0.05) is 19.5 Å². The van der Waals surface area contributed by atoms with Crippen LogP contribution in [-0.2, 0) is 0 Å². The molecule has 0 aromatic carbocycles. The summed E-state index contributed by atoms with van der Waals surface area (Å²) in [6.45, 7) is 4.70. The minimum atomic E-state index is 0.863. The van der Waals surface area contributed by atoms with Crippen LogP contribution in [0.3, 0.4) is 0 Å². The monoisotopic (exact) mass is 194 g/mol. The first-order chi connectivity index (χ1) is 6.77. The summed E-state index contributed by atoms with van der Waals surface area (Å²) in [4.78, 5) is 2.31. The van der Waals surface area contributed by atoms with Gasteiger partial charge in [0.05, 0.1) is 5.84 Å². The van der Waals surface area contributed by atoms with Gasteiger partial charge in [-0.2, -0.15) is 0 Å². The lowest BCUT2D eigenvalue weighted by Crippen LogP contribution is -2.34. The van der Waals surface area contributed by atoms with Crippen LogP contribution in [0.15, 0.2) is 0 Å². The summed E-state index contributed by atoms with van der Waals surface area (Å²) in [5.74, 6) is 2.64. The normalized spacial score (nSPS) is 33.8. The second-order valence-corrected chi connectivity index (χ2v) is 5.02. The highest BCUT2D eigenvalue weighted by molar-refractivity contribution is 5.80. The third kappa shape index (κ3) is 2.10. The summed E-state index contributed by atoms with van der Waals surface area (Å²) in [5.41, 5.74) is 0. The van der Waals surface area contributed by atoms with Crippen molar-refractivity contribution in [2.45, 2.75) is 45.4 Å². The Labute approximate surface area is 87.2 Å². The Balaban J connectivity index is 1.86. The molecule has 0 amide bonds. The molecule has 1 aliphatic heterocycles. The molecule has 14 heavy (non-hydrogen) atoms. The molecule has 2 nitrogen and oxygen atoms in total. The molecule has 0 aromatic heterocycles. The predicted octanol–water partition coefficient (Wildman–Crippen LogP) is 2.89. The van der Waals surface area contributed by atoms with Crippen molar-refractivity contribution in [3.8, 4) is 0 Å². The van der Waals surface area contributed by atoms with Crippen molar-refractivity contribution in [3.05, 3.63) is 0 Å². The van der Waals surface area contributed by atoms with E-state index in [0.29, 0.717) is 0 Å². The van der Waals surface area contributed by atoms with Gasteiger partial charge < -0.3 is 4.90 Å². The Kier molecular flexibility index (Phi) is 3.09. The number of rotatable bonds is 2. The molecule has 2 aliphatic rings. The van der Waals surface area contributed by atoms with Crippen molar-refractivity contribution >= 4 is 5.84 Å². The molecule has 2 unspecified atom stereocenters. The van der Waals surface area contributed by atoms with Gasteiger partial charge in [0.1, 0.15) is 0 Å². The fourth-order valence-corrected chi connectivity index (χ4v) is 2.88. The number of hydrogen-bond acceptors (Lipinski definition) is 1. The van der Waals surface area contributed by atoms with E-state index in [4.69, 9.17) is 5.41 Å². The average Bonchev–Trinajstić information content (AvgIpc) is 2.56. The van der Waals surface area contributed by atoms with E-state index < -0.39 is 0 Å². The zero-order chi connectivity index (χ0) is 9.97. The zero-order valence-corrected chi connectivity index (χ0v) is 9.26. The fourth-order valence-electron chi connectivity index (χ4n) is 2.88. The van der Waals surface area contributed by atoms with Gasteiger partial charge in [-0.1, -0.05) is 26.2 Å². The number of nitrogens with one attached hydrogen (secondary N) is 1. The van der Waals surface area contributed by atoms with Crippen LogP contribution in [0.4, 0.5) is 0 Å². The average molecular weight is 194 g/mol. The van der Waals surface area contributed by atoms with Crippen molar-refractivity contribution in [2.24, 2.45) is 11.8 Å². The van der Waals surface area contributed by atoms with Crippen molar-refractivity contribution in [1.82, 2.24) is 4.90 Å². The number of nitrogens with zero attached hydrogens (tertiary/aromatic N) is 1. The van der Waals surface area contributed by atoms with E-state index in [0.717, 1.165) is 30.6 Å². The second kappa shape index (κ2) is 4.33. The van der Waals surface area contributed by atoms with Crippen LogP contribution in [0.1, 0.15) is 45.4 Å².